The third-order valence-electron chi connectivity index (χ3n) is 6.63. The zero-order chi connectivity index (χ0) is 26.1. The third kappa shape index (κ3) is 6.37. The number of aliphatic carboxylic acids is 1. The van der Waals surface area contributed by atoms with E-state index in [-0.39, 0.29) is 29.9 Å². The first kappa shape index (κ1) is 26.0. The molecular weight excluding hydrogens is 470 g/mol. The van der Waals surface area contributed by atoms with E-state index in [4.69, 9.17) is 0 Å². The summed E-state index contributed by atoms with van der Waals surface area (Å²) in [5.41, 5.74) is 1.96. The lowest BCUT2D eigenvalue weighted by molar-refractivity contribution is -0.286. The lowest BCUT2D eigenvalue weighted by Crippen LogP contribution is -2.45. The number of rotatable bonds is 9. The van der Waals surface area contributed by atoms with Crippen molar-refractivity contribution in [2.24, 2.45) is 0 Å². The molecule has 1 heterocycles. The first-order valence-corrected chi connectivity index (χ1v) is 12.4. The molecule has 1 atom stereocenters. The Bertz CT molecular complexity index is 1100. The number of aliphatic hydroxyl groups is 1. The Morgan fingerprint density at radius 2 is 1.83 bits per heavy atom. The zero-order valence-electron chi connectivity index (χ0n) is 20.9. The van der Waals surface area contributed by atoms with Crippen molar-refractivity contribution in [2.75, 3.05) is 16.8 Å². The van der Waals surface area contributed by atoms with Crippen LogP contribution in [0.5, 0.6) is 11.5 Å². The Kier molecular flexibility index (Phi) is 7.31. The van der Waals surface area contributed by atoms with Gasteiger partial charge in [-0.15, -0.1) is 8.78 Å². The van der Waals surface area contributed by atoms with Gasteiger partial charge in [0.2, 0.25) is 0 Å². The maximum absolute atomic E-state index is 13.5. The van der Waals surface area contributed by atoms with Crippen LogP contribution in [-0.2, 0) is 4.79 Å². The zero-order valence-corrected chi connectivity index (χ0v) is 20.9. The van der Waals surface area contributed by atoms with Crippen LogP contribution in [0.1, 0.15) is 70.8 Å². The molecule has 7 nitrogen and oxygen atoms in total. The fraction of sp³-hybridized carbons (Fsp3) is 0.519. The molecule has 0 bridgehead atoms. The number of halogens is 2. The van der Waals surface area contributed by atoms with Gasteiger partial charge in [0.15, 0.2) is 11.5 Å². The number of carboxylic acid groups (broad SMARTS) is 1. The molecule has 0 spiro atoms. The van der Waals surface area contributed by atoms with Crippen molar-refractivity contribution in [1.82, 2.24) is 0 Å². The van der Waals surface area contributed by atoms with E-state index < -0.39 is 17.9 Å². The van der Waals surface area contributed by atoms with Crippen LogP contribution in [0.15, 0.2) is 36.4 Å². The Labute approximate surface area is 210 Å². The normalized spacial score (nSPS) is 18.1. The number of alkyl halides is 2. The van der Waals surface area contributed by atoms with Crippen molar-refractivity contribution in [3.05, 3.63) is 42.0 Å². The molecule has 1 aliphatic heterocycles. The summed E-state index contributed by atoms with van der Waals surface area (Å²) >= 11 is 0. The molecule has 1 saturated carbocycles. The van der Waals surface area contributed by atoms with Crippen LogP contribution < -0.4 is 19.7 Å². The van der Waals surface area contributed by atoms with E-state index >= 15 is 0 Å². The summed E-state index contributed by atoms with van der Waals surface area (Å²) in [6.45, 7) is 5.81. The van der Waals surface area contributed by atoms with Crippen molar-refractivity contribution < 1.29 is 33.3 Å². The largest absolute Gasteiger partial charge is 0.586 e. The summed E-state index contributed by atoms with van der Waals surface area (Å²) < 4.78 is 36.2. The molecular formula is C27H34F2N2O5. The van der Waals surface area contributed by atoms with Gasteiger partial charge in [0.05, 0.1) is 23.4 Å². The topological polar surface area (TPSA) is 91.3 Å². The highest BCUT2D eigenvalue weighted by Crippen LogP contribution is 2.44. The van der Waals surface area contributed by atoms with Crippen LogP contribution in [-0.4, -0.2) is 40.7 Å². The van der Waals surface area contributed by atoms with Gasteiger partial charge in [-0.1, -0.05) is 32.3 Å². The predicted octanol–water partition coefficient (Wildman–Crippen LogP) is 6.24. The minimum Gasteiger partial charge on any atom is -0.481 e. The summed E-state index contributed by atoms with van der Waals surface area (Å²) in [4.78, 5) is 13.5. The van der Waals surface area contributed by atoms with Gasteiger partial charge in [0.25, 0.3) is 0 Å². The molecule has 2 aromatic rings. The Hall–Kier alpha value is -3.07. The van der Waals surface area contributed by atoms with Crippen LogP contribution >= 0.6 is 0 Å². The van der Waals surface area contributed by atoms with Crippen LogP contribution in [0, 0.1) is 0 Å². The van der Waals surface area contributed by atoms with Crippen molar-refractivity contribution in [3.8, 4) is 11.5 Å². The number of benzene rings is 2. The van der Waals surface area contributed by atoms with Crippen LogP contribution in [0.25, 0.3) is 0 Å². The molecule has 2 aliphatic rings. The number of ether oxygens (including phenoxy) is 2. The standard InChI is InChI=1S/C27H34F2N2O5/c1-17(13-25(32)33)18-9-11-22(31(16-26(2,3)34)20-7-5-4-6-8-20)21(14-18)30-19-10-12-23-24(15-19)36-27(28,29)35-23/h9-12,14-15,17,20,30,34H,4-8,13,16H2,1-3H3,(H,32,33). The number of nitrogens with one attached hydrogen (secondary N) is 1. The molecule has 2 aromatic carbocycles. The van der Waals surface area contributed by atoms with E-state index in [1.54, 1.807) is 19.9 Å². The van der Waals surface area contributed by atoms with Crippen molar-refractivity contribution in [3.63, 3.8) is 0 Å². The van der Waals surface area contributed by atoms with Gasteiger partial charge in [0.1, 0.15) is 0 Å². The van der Waals surface area contributed by atoms with Crippen LogP contribution in [0.3, 0.4) is 0 Å². The van der Waals surface area contributed by atoms with Crippen molar-refractivity contribution >= 4 is 23.0 Å². The van der Waals surface area contributed by atoms with Gasteiger partial charge in [-0.25, -0.2) is 0 Å². The second-order valence-electron chi connectivity index (χ2n) is 10.5. The summed E-state index contributed by atoms with van der Waals surface area (Å²) in [7, 11) is 0. The average Bonchev–Trinajstić information content (AvgIpc) is 3.10. The molecule has 4 rings (SSSR count). The van der Waals surface area contributed by atoms with Gasteiger partial charge in [-0.3, -0.25) is 4.79 Å². The number of nitrogens with zero attached hydrogens (tertiary/aromatic N) is 1. The molecule has 36 heavy (non-hydrogen) atoms. The summed E-state index contributed by atoms with van der Waals surface area (Å²) in [5.74, 6) is -1.23. The summed E-state index contributed by atoms with van der Waals surface area (Å²) in [5, 5.41) is 23.3. The van der Waals surface area contributed by atoms with E-state index in [1.165, 1.54) is 18.6 Å². The van der Waals surface area contributed by atoms with Crippen molar-refractivity contribution in [2.45, 2.75) is 83.2 Å². The quantitative estimate of drug-likeness (QED) is 0.372. The highest BCUT2D eigenvalue weighted by atomic mass is 19.3. The lowest BCUT2D eigenvalue weighted by Gasteiger charge is -2.40. The molecule has 0 radical (unpaired) electrons. The SMILES string of the molecule is CC(CC(=O)O)c1ccc(N(CC(C)(C)O)C2CCCCC2)c(Nc2ccc3c(c2)OC(F)(F)O3)c1. The van der Waals surface area contributed by atoms with E-state index in [1.807, 2.05) is 25.1 Å². The first-order chi connectivity index (χ1) is 16.9. The number of anilines is 3. The molecule has 1 fully saturated rings. The third-order valence-corrected chi connectivity index (χ3v) is 6.63. The Balaban J connectivity index is 1.73. The number of fused-ring (bicyclic) bond motifs is 1. The molecule has 1 aliphatic carbocycles. The highest BCUT2D eigenvalue weighted by Gasteiger charge is 2.43. The average molecular weight is 505 g/mol. The fourth-order valence-corrected chi connectivity index (χ4v) is 4.99. The minimum absolute atomic E-state index is 0.0199. The van der Waals surface area contributed by atoms with Gasteiger partial charge in [-0.05, 0) is 62.4 Å². The maximum Gasteiger partial charge on any atom is 0.586 e. The first-order valence-electron chi connectivity index (χ1n) is 12.4. The monoisotopic (exact) mass is 504 g/mol. The molecule has 0 saturated heterocycles. The smallest absolute Gasteiger partial charge is 0.481 e. The molecule has 0 amide bonds. The molecule has 196 valence electrons. The second-order valence-corrected chi connectivity index (χ2v) is 10.5. The number of carboxylic acids is 1. The summed E-state index contributed by atoms with van der Waals surface area (Å²) in [6, 6.07) is 10.5. The van der Waals surface area contributed by atoms with Gasteiger partial charge in [0, 0.05) is 24.3 Å². The Morgan fingerprint density at radius 1 is 1.14 bits per heavy atom. The Morgan fingerprint density at radius 3 is 2.50 bits per heavy atom. The number of hydrogen-bond acceptors (Lipinski definition) is 6. The van der Waals surface area contributed by atoms with E-state index in [0.29, 0.717) is 17.9 Å². The highest BCUT2D eigenvalue weighted by molar-refractivity contribution is 5.78. The summed E-state index contributed by atoms with van der Waals surface area (Å²) in [6.07, 6.45) is 1.69. The number of hydrogen-bond donors (Lipinski definition) is 3. The molecule has 3 N–H and O–H groups in total. The predicted molar refractivity (Wildman–Crippen MR) is 134 cm³/mol. The van der Waals surface area contributed by atoms with Gasteiger partial charge in [-0.2, -0.15) is 0 Å². The molecule has 0 aromatic heterocycles. The molecule has 1 unspecified atom stereocenters. The number of carbonyl (C=O) groups is 1. The maximum atomic E-state index is 13.5. The van der Waals surface area contributed by atoms with E-state index in [0.717, 1.165) is 36.9 Å². The van der Waals surface area contributed by atoms with E-state index in [2.05, 4.69) is 19.7 Å². The van der Waals surface area contributed by atoms with Crippen molar-refractivity contribution in [1.29, 1.82) is 0 Å². The molecule has 9 heteroatoms. The van der Waals surface area contributed by atoms with Crippen LogP contribution in [0.2, 0.25) is 0 Å². The van der Waals surface area contributed by atoms with Gasteiger partial charge >= 0.3 is 12.3 Å². The van der Waals surface area contributed by atoms with Crippen LogP contribution in [0.4, 0.5) is 25.8 Å². The fourth-order valence-electron chi connectivity index (χ4n) is 4.99. The minimum atomic E-state index is -3.71. The van der Waals surface area contributed by atoms with Gasteiger partial charge < -0.3 is 29.9 Å². The lowest BCUT2D eigenvalue weighted by atomic mass is 9.91. The van der Waals surface area contributed by atoms with E-state index in [9.17, 15) is 23.8 Å². The second kappa shape index (κ2) is 10.1.